The van der Waals surface area contributed by atoms with Gasteiger partial charge < -0.3 is 18.6 Å². The number of methoxy groups -OCH3 is 1. The maximum Gasteiger partial charge on any atom is 0.226 e. The second-order valence-corrected chi connectivity index (χ2v) is 5.68. The predicted octanol–water partition coefficient (Wildman–Crippen LogP) is 5.20. The number of rotatable bonds is 8. The Labute approximate surface area is 153 Å². The number of benzene rings is 2. The molecule has 0 amide bonds. The number of oxazole rings is 1. The lowest BCUT2D eigenvalue weighted by atomic mass is 10.1. The van der Waals surface area contributed by atoms with Gasteiger partial charge in [-0.15, -0.1) is 0 Å². The highest BCUT2D eigenvalue weighted by molar-refractivity contribution is 5.69. The summed E-state index contributed by atoms with van der Waals surface area (Å²) < 4.78 is 22.5. The van der Waals surface area contributed by atoms with Crippen LogP contribution in [0.15, 0.2) is 53.1 Å². The maximum atomic E-state index is 5.82. The van der Waals surface area contributed by atoms with E-state index in [2.05, 4.69) is 11.9 Å². The fraction of sp³-hybridized carbons (Fsp3) is 0.286. The van der Waals surface area contributed by atoms with Gasteiger partial charge in [-0.2, -0.15) is 0 Å². The Balaban J connectivity index is 1.92. The fourth-order valence-corrected chi connectivity index (χ4v) is 2.62. The van der Waals surface area contributed by atoms with E-state index in [0.717, 1.165) is 29.0 Å². The van der Waals surface area contributed by atoms with Crippen LogP contribution in [0.1, 0.15) is 20.3 Å². The van der Waals surface area contributed by atoms with E-state index in [1.54, 1.807) is 13.4 Å². The molecule has 0 saturated carbocycles. The average Bonchev–Trinajstić information content (AvgIpc) is 3.17. The lowest BCUT2D eigenvalue weighted by Crippen LogP contribution is -1.97. The van der Waals surface area contributed by atoms with Crippen LogP contribution in [0, 0.1) is 0 Å². The molecule has 1 aromatic heterocycles. The molecule has 0 aliphatic rings. The topological polar surface area (TPSA) is 53.7 Å². The summed E-state index contributed by atoms with van der Waals surface area (Å²) in [4.78, 5) is 4.63. The minimum atomic E-state index is 0.522. The highest BCUT2D eigenvalue weighted by Gasteiger charge is 2.14. The maximum absolute atomic E-state index is 5.82. The monoisotopic (exact) mass is 353 g/mol. The first kappa shape index (κ1) is 17.9. The van der Waals surface area contributed by atoms with E-state index in [-0.39, 0.29) is 0 Å². The van der Waals surface area contributed by atoms with E-state index in [9.17, 15) is 0 Å². The molecule has 0 atom stereocenters. The van der Waals surface area contributed by atoms with Crippen molar-refractivity contribution in [1.82, 2.24) is 4.98 Å². The molecule has 0 bridgehead atoms. The van der Waals surface area contributed by atoms with Gasteiger partial charge in [0, 0.05) is 11.1 Å². The van der Waals surface area contributed by atoms with Crippen molar-refractivity contribution < 1.29 is 18.6 Å². The summed E-state index contributed by atoms with van der Waals surface area (Å²) >= 11 is 0. The van der Waals surface area contributed by atoms with Gasteiger partial charge in [0.05, 0.1) is 20.3 Å². The van der Waals surface area contributed by atoms with Crippen LogP contribution < -0.4 is 14.2 Å². The van der Waals surface area contributed by atoms with Gasteiger partial charge in [-0.25, -0.2) is 4.98 Å². The van der Waals surface area contributed by atoms with Crippen molar-refractivity contribution in [2.45, 2.75) is 20.3 Å². The Kier molecular flexibility index (Phi) is 5.79. The van der Waals surface area contributed by atoms with E-state index in [4.69, 9.17) is 18.6 Å². The van der Waals surface area contributed by atoms with Crippen molar-refractivity contribution in [1.29, 1.82) is 0 Å². The molecule has 26 heavy (non-hydrogen) atoms. The summed E-state index contributed by atoms with van der Waals surface area (Å²) in [5.41, 5.74) is 2.47. The van der Waals surface area contributed by atoms with Crippen molar-refractivity contribution in [3.63, 3.8) is 0 Å². The van der Waals surface area contributed by atoms with Crippen LogP contribution in [-0.2, 0) is 0 Å². The number of ether oxygens (including phenoxy) is 3. The van der Waals surface area contributed by atoms with Gasteiger partial charge in [0.25, 0.3) is 0 Å². The smallest absolute Gasteiger partial charge is 0.226 e. The van der Waals surface area contributed by atoms with Crippen LogP contribution in [0.5, 0.6) is 17.2 Å². The van der Waals surface area contributed by atoms with Crippen LogP contribution in [0.25, 0.3) is 22.7 Å². The van der Waals surface area contributed by atoms with E-state index in [0.29, 0.717) is 30.6 Å². The lowest BCUT2D eigenvalue weighted by molar-refractivity contribution is 0.311. The van der Waals surface area contributed by atoms with Gasteiger partial charge in [0.15, 0.2) is 11.5 Å². The third-order valence-electron chi connectivity index (χ3n) is 3.84. The van der Waals surface area contributed by atoms with Crippen LogP contribution >= 0.6 is 0 Å². The summed E-state index contributed by atoms with van der Waals surface area (Å²) in [7, 11) is 1.62. The normalized spacial score (nSPS) is 10.6. The van der Waals surface area contributed by atoms with E-state index in [1.165, 1.54) is 0 Å². The van der Waals surface area contributed by atoms with E-state index in [1.807, 2.05) is 49.4 Å². The summed E-state index contributed by atoms with van der Waals surface area (Å²) in [6.07, 6.45) is 2.60. The molecule has 5 nitrogen and oxygen atoms in total. The quantitative estimate of drug-likeness (QED) is 0.557. The zero-order valence-electron chi connectivity index (χ0n) is 15.3. The molecule has 0 N–H and O–H groups in total. The molecule has 0 unspecified atom stereocenters. The van der Waals surface area contributed by atoms with Gasteiger partial charge >= 0.3 is 0 Å². The Hall–Kier alpha value is -2.95. The molecule has 1 heterocycles. The van der Waals surface area contributed by atoms with Crippen molar-refractivity contribution >= 4 is 0 Å². The SMILES string of the molecule is CCCOc1ccccc1-c1coc(-c2ccc(OC)c(OCC)c2)n1. The third kappa shape index (κ3) is 3.82. The highest BCUT2D eigenvalue weighted by Crippen LogP contribution is 2.35. The summed E-state index contributed by atoms with van der Waals surface area (Å²) in [6, 6.07) is 13.5. The van der Waals surface area contributed by atoms with Gasteiger partial charge in [-0.1, -0.05) is 19.1 Å². The van der Waals surface area contributed by atoms with Crippen LogP contribution in [-0.4, -0.2) is 25.3 Å². The third-order valence-corrected chi connectivity index (χ3v) is 3.84. The van der Waals surface area contributed by atoms with Gasteiger partial charge in [-0.05, 0) is 43.7 Å². The molecule has 0 fully saturated rings. The summed E-state index contributed by atoms with van der Waals surface area (Å²) in [6.45, 7) is 5.23. The molecule has 3 aromatic rings. The average molecular weight is 353 g/mol. The molecule has 0 saturated heterocycles. The van der Waals surface area contributed by atoms with Crippen molar-refractivity contribution in [2.75, 3.05) is 20.3 Å². The summed E-state index contributed by atoms with van der Waals surface area (Å²) in [5, 5.41) is 0. The minimum absolute atomic E-state index is 0.522. The number of para-hydroxylation sites is 1. The molecule has 136 valence electrons. The van der Waals surface area contributed by atoms with Crippen molar-refractivity contribution in [3.8, 4) is 40.0 Å². The number of hydrogen-bond acceptors (Lipinski definition) is 5. The molecular formula is C21H23NO4. The Morgan fingerprint density at radius 2 is 1.81 bits per heavy atom. The molecular weight excluding hydrogens is 330 g/mol. The molecule has 0 spiro atoms. The molecule has 5 heteroatoms. The molecule has 2 aromatic carbocycles. The Morgan fingerprint density at radius 3 is 2.58 bits per heavy atom. The van der Waals surface area contributed by atoms with Crippen molar-refractivity contribution in [3.05, 3.63) is 48.7 Å². The van der Waals surface area contributed by atoms with E-state index >= 15 is 0 Å². The van der Waals surface area contributed by atoms with Gasteiger partial charge in [0.1, 0.15) is 17.7 Å². The molecule has 0 radical (unpaired) electrons. The second kappa shape index (κ2) is 8.43. The number of hydrogen-bond donors (Lipinski definition) is 0. The van der Waals surface area contributed by atoms with Crippen LogP contribution in [0.2, 0.25) is 0 Å². The van der Waals surface area contributed by atoms with Crippen LogP contribution in [0.4, 0.5) is 0 Å². The Bertz CT molecular complexity index is 857. The first-order valence-electron chi connectivity index (χ1n) is 8.75. The standard InChI is InChI=1S/C21H23NO4/c1-4-12-25-18-9-7-6-8-16(18)17-14-26-21(22-17)15-10-11-19(23-3)20(13-15)24-5-2/h6-11,13-14H,4-5,12H2,1-3H3. The Morgan fingerprint density at radius 1 is 0.962 bits per heavy atom. The van der Waals surface area contributed by atoms with Crippen molar-refractivity contribution in [2.24, 2.45) is 0 Å². The first-order valence-corrected chi connectivity index (χ1v) is 8.75. The fourth-order valence-electron chi connectivity index (χ4n) is 2.62. The lowest BCUT2D eigenvalue weighted by Gasteiger charge is -2.09. The second-order valence-electron chi connectivity index (χ2n) is 5.68. The molecule has 0 aliphatic carbocycles. The van der Waals surface area contributed by atoms with Crippen LogP contribution in [0.3, 0.4) is 0 Å². The zero-order chi connectivity index (χ0) is 18.4. The zero-order valence-corrected chi connectivity index (χ0v) is 15.3. The molecule has 3 rings (SSSR count). The summed E-state index contributed by atoms with van der Waals surface area (Å²) in [5.74, 6) is 2.67. The highest BCUT2D eigenvalue weighted by atomic mass is 16.5. The van der Waals surface area contributed by atoms with E-state index < -0.39 is 0 Å². The largest absolute Gasteiger partial charge is 0.493 e. The number of aromatic nitrogens is 1. The first-order chi connectivity index (χ1) is 12.8. The minimum Gasteiger partial charge on any atom is -0.493 e. The predicted molar refractivity (Wildman–Crippen MR) is 101 cm³/mol. The van der Waals surface area contributed by atoms with Gasteiger partial charge in [0.2, 0.25) is 5.89 Å². The number of nitrogens with zero attached hydrogens (tertiary/aromatic N) is 1. The van der Waals surface area contributed by atoms with Gasteiger partial charge in [-0.3, -0.25) is 0 Å². The molecule has 0 aliphatic heterocycles.